The van der Waals surface area contributed by atoms with Crippen LogP contribution in [0.5, 0.6) is 0 Å². The van der Waals surface area contributed by atoms with Crippen LogP contribution in [0.4, 0.5) is 5.95 Å². The van der Waals surface area contributed by atoms with E-state index in [1.54, 1.807) is 6.20 Å². The lowest BCUT2D eigenvalue weighted by Gasteiger charge is -2.34. The van der Waals surface area contributed by atoms with Crippen LogP contribution in [0.2, 0.25) is 0 Å². The summed E-state index contributed by atoms with van der Waals surface area (Å²) in [6.45, 7) is 4.61. The van der Waals surface area contributed by atoms with Gasteiger partial charge in [0.2, 0.25) is 11.6 Å². The van der Waals surface area contributed by atoms with E-state index in [0.717, 1.165) is 0 Å². The van der Waals surface area contributed by atoms with Crippen LogP contribution in [-0.4, -0.2) is 44.8 Å². The molecule has 1 saturated heterocycles. The largest absolute Gasteiger partial charge is 0.403 e. The summed E-state index contributed by atoms with van der Waals surface area (Å²) in [6.07, 6.45) is 2.86. The van der Waals surface area contributed by atoms with Crippen molar-refractivity contribution in [3.63, 3.8) is 0 Å². The monoisotopic (exact) mass is 265 g/mol. The molecule has 3 heterocycles. The van der Waals surface area contributed by atoms with Crippen molar-refractivity contribution in [1.82, 2.24) is 19.7 Å². The van der Waals surface area contributed by atoms with Crippen molar-refractivity contribution in [3.05, 3.63) is 12.5 Å². The van der Waals surface area contributed by atoms with Gasteiger partial charge in [0.1, 0.15) is 11.8 Å². The van der Waals surface area contributed by atoms with E-state index in [1.165, 1.54) is 11.1 Å². The molecule has 19 heavy (non-hydrogen) atoms. The van der Waals surface area contributed by atoms with Gasteiger partial charge in [-0.3, -0.25) is 0 Å². The molecule has 2 N–H and O–H groups in total. The quantitative estimate of drug-likeness (QED) is 0.815. The fourth-order valence-corrected chi connectivity index (χ4v) is 1.78. The summed E-state index contributed by atoms with van der Waals surface area (Å²) in [6, 6.07) is 0. The van der Waals surface area contributed by atoms with Crippen molar-refractivity contribution in [1.29, 1.82) is 0 Å². The molecule has 0 saturated carbocycles. The number of fused-ring (bicyclic) bond motifs is 1. The van der Waals surface area contributed by atoms with E-state index in [1.807, 2.05) is 13.8 Å². The minimum Gasteiger partial charge on any atom is -0.403 e. The molecule has 0 atom stereocenters. The van der Waals surface area contributed by atoms with Crippen LogP contribution in [-0.2, 0) is 9.47 Å². The number of nitrogen functional groups attached to an aromatic ring is 1. The van der Waals surface area contributed by atoms with Gasteiger partial charge in [-0.15, -0.1) is 0 Å². The maximum absolute atomic E-state index is 5.72. The Labute approximate surface area is 109 Å². The molecule has 0 unspecified atom stereocenters. The molecular weight excluding hydrogens is 250 g/mol. The van der Waals surface area contributed by atoms with Gasteiger partial charge in [0.25, 0.3) is 0 Å². The van der Waals surface area contributed by atoms with E-state index in [-0.39, 0.29) is 12.1 Å². The van der Waals surface area contributed by atoms with Gasteiger partial charge >= 0.3 is 0 Å². The second kappa shape index (κ2) is 4.32. The van der Waals surface area contributed by atoms with Crippen LogP contribution < -0.4 is 10.6 Å². The summed E-state index contributed by atoms with van der Waals surface area (Å²) in [5.41, 5.74) is 6.70. The van der Waals surface area contributed by atoms with Crippen LogP contribution in [0, 0.1) is 0 Å². The minimum atomic E-state index is -0.566. The number of hydrogen-bond acceptors (Lipinski definition) is 7. The number of anilines is 1. The first kappa shape index (κ1) is 12.1. The normalized spacial score (nSPS) is 19.7. The third-order valence-corrected chi connectivity index (χ3v) is 2.78. The fraction of sp³-hybridized carbons (Fsp3) is 0.545. The number of hydrogen-bond donors (Lipinski definition) is 1. The lowest BCUT2D eigenvalue weighted by molar-refractivity contribution is -0.278. The number of imidazole rings is 1. The van der Waals surface area contributed by atoms with Crippen LogP contribution in [0.15, 0.2) is 12.5 Å². The summed E-state index contributed by atoms with van der Waals surface area (Å²) >= 11 is 0. The molecule has 1 fully saturated rings. The molecule has 102 valence electrons. The Morgan fingerprint density at radius 1 is 1.37 bits per heavy atom. The van der Waals surface area contributed by atoms with E-state index in [4.69, 9.17) is 20.0 Å². The van der Waals surface area contributed by atoms with Crippen molar-refractivity contribution in [3.8, 4) is 0 Å². The van der Waals surface area contributed by atoms with Crippen LogP contribution in [0.3, 0.4) is 0 Å². The maximum Gasteiger partial charge on any atom is 0.222 e. The Bertz CT molecular complexity index is 587. The van der Waals surface area contributed by atoms with Gasteiger partial charge in [0.15, 0.2) is 11.9 Å². The highest BCUT2D eigenvalue weighted by Crippen LogP contribution is 2.18. The van der Waals surface area contributed by atoms with Crippen molar-refractivity contribution < 1.29 is 14.3 Å². The molecule has 0 spiro atoms. The molecule has 0 aromatic carbocycles. The Morgan fingerprint density at radius 2 is 2.11 bits per heavy atom. The van der Waals surface area contributed by atoms with Crippen molar-refractivity contribution in [2.24, 2.45) is 0 Å². The predicted molar refractivity (Wildman–Crippen MR) is 66.1 cm³/mol. The third-order valence-electron chi connectivity index (χ3n) is 2.78. The lowest BCUT2D eigenvalue weighted by Crippen LogP contribution is -2.46. The minimum absolute atomic E-state index is 0.176. The second-order valence-electron chi connectivity index (χ2n) is 4.76. The number of nitrogens with two attached hydrogens (primary N) is 1. The van der Waals surface area contributed by atoms with Crippen LogP contribution in [0.1, 0.15) is 13.8 Å². The van der Waals surface area contributed by atoms with Gasteiger partial charge in [-0.05, 0) is 13.8 Å². The Kier molecular flexibility index (Phi) is 2.76. The van der Waals surface area contributed by atoms with Gasteiger partial charge in [0, 0.05) is 0 Å². The van der Waals surface area contributed by atoms with E-state index in [0.29, 0.717) is 24.4 Å². The van der Waals surface area contributed by atoms with Crippen LogP contribution in [0.25, 0.3) is 11.2 Å². The molecular formula is C11H15N5O3. The van der Waals surface area contributed by atoms with E-state index in [2.05, 4.69) is 15.0 Å². The summed E-state index contributed by atoms with van der Waals surface area (Å²) in [7, 11) is 0. The number of ether oxygens (including phenoxy) is 2. The van der Waals surface area contributed by atoms with Crippen LogP contribution >= 0.6 is 0 Å². The van der Waals surface area contributed by atoms with Gasteiger partial charge in [-0.2, -0.15) is 9.71 Å². The first-order valence-corrected chi connectivity index (χ1v) is 5.94. The smallest absolute Gasteiger partial charge is 0.222 e. The van der Waals surface area contributed by atoms with Gasteiger partial charge in [0.05, 0.1) is 19.4 Å². The summed E-state index contributed by atoms with van der Waals surface area (Å²) < 4.78 is 12.5. The Balaban J connectivity index is 1.77. The Morgan fingerprint density at radius 3 is 2.84 bits per heavy atom. The standard InChI is InChI=1S/C11H15N5O3/c1-11(2)17-4-7(5-18-11)19-16-6-14-8-3-13-10(12)15-9(8)16/h3,6-7H,4-5H2,1-2H3,(H2,12,13,15). The average Bonchev–Trinajstić information content (AvgIpc) is 2.75. The van der Waals surface area contributed by atoms with E-state index in [9.17, 15) is 0 Å². The zero-order valence-electron chi connectivity index (χ0n) is 10.7. The fourth-order valence-electron chi connectivity index (χ4n) is 1.78. The first-order chi connectivity index (χ1) is 9.03. The highest BCUT2D eigenvalue weighted by atomic mass is 16.7. The average molecular weight is 265 g/mol. The summed E-state index contributed by atoms with van der Waals surface area (Å²) in [5.74, 6) is -0.390. The zero-order chi connectivity index (χ0) is 13.5. The maximum atomic E-state index is 5.72. The van der Waals surface area contributed by atoms with Gasteiger partial charge in [-0.1, -0.05) is 0 Å². The summed E-state index contributed by atoms with van der Waals surface area (Å²) in [5, 5.41) is 0. The van der Waals surface area contributed by atoms with Crippen molar-refractivity contribution >= 4 is 17.1 Å². The molecule has 2 aromatic rings. The van der Waals surface area contributed by atoms with E-state index < -0.39 is 5.79 Å². The predicted octanol–water partition coefficient (Wildman–Crippen LogP) is -0.0114. The molecule has 1 aliphatic heterocycles. The number of aromatic nitrogens is 4. The first-order valence-electron chi connectivity index (χ1n) is 5.94. The molecule has 8 nitrogen and oxygen atoms in total. The topological polar surface area (TPSA) is 97.3 Å². The third kappa shape index (κ3) is 2.45. The molecule has 8 heteroatoms. The van der Waals surface area contributed by atoms with Crippen molar-refractivity contribution in [2.45, 2.75) is 25.7 Å². The molecule has 0 aliphatic carbocycles. The Hall–Kier alpha value is -1.93. The molecule has 1 aliphatic rings. The number of nitrogens with zero attached hydrogens (tertiary/aromatic N) is 4. The molecule has 2 aromatic heterocycles. The summed E-state index contributed by atoms with van der Waals surface area (Å²) in [4.78, 5) is 17.8. The lowest BCUT2D eigenvalue weighted by atomic mass is 10.3. The SMILES string of the molecule is CC1(C)OCC(On2cnc3cnc(N)nc32)CO1. The van der Waals surface area contributed by atoms with Crippen molar-refractivity contribution in [2.75, 3.05) is 18.9 Å². The highest BCUT2D eigenvalue weighted by molar-refractivity contribution is 5.70. The van der Waals surface area contributed by atoms with Gasteiger partial charge in [-0.25, -0.2) is 9.97 Å². The molecule has 0 amide bonds. The molecule has 0 bridgehead atoms. The molecule has 0 radical (unpaired) electrons. The zero-order valence-corrected chi connectivity index (χ0v) is 10.7. The number of rotatable bonds is 2. The highest BCUT2D eigenvalue weighted by Gasteiger charge is 2.30. The van der Waals surface area contributed by atoms with Gasteiger partial charge < -0.3 is 20.0 Å². The molecule has 3 rings (SSSR count). The second-order valence-corrected chi connectivity index (χ2v) is 4.76. The van der Waals surface area contributed by atoms with E-state index >= 15 is 0 Å².